The van der Waals surface area contributed by atoms with Gasteiger partial charge in [0.2, 0.25) is 10.0 Å². The lowest BCUT2D eigenvalue weighted by Crippen LogP contribution is -2.38. The van der Waals surface area contributed by atoms with Crippen LogP contribution in [0.3, 0.4) is 0 Å². The molecule has 0 spiro atoms. The van der Waals surface area contributed by atoms with Gasteiger partial charge >= 0.3 is 6.03 Å². The molecule has 1 saturated heterocycles. The summed E-state index contributed by atoms with van der Waals surface area (Å²) in [6.45, 7) is 5.58. The monoisotopic (exact) mass is 432 g/mol. The molecule has 1 fully saturated rings. The summed E-state index contributed by atoms with van der Waals surface area (Å²) in [6, 6.07) is 13.9. The predicted molar refractivity (Wildman–Crippen MR) is 116 cm³/mol. The first-order valence-electron chi connectivity index (χ1n) is 9.80. The Morgan fingerprint density at radius 3 is 2.30 bits per heavy atom. The van der Waals surface area contributed by atoms with Crippen molar-refractivity contribution in [1.29, 1.82) is 0 Å². The number of sulfonamides is 1. The molecule has 0 radical (unpaired) electrons. The molecule has 1 aliphatic rings. The SMILES string of the molecule is CC(NC(=O)N(C)Cc1ccc(N2CCOCC2)cc1)c1ccc(S(N)(=O)=O)cc1. The minimum Gasteiger partial charge on any atom is -0.378 e. The van der Waals surface area contributed by atoms with Crippen molar-refractivity contribution in [2.75, 3.05) is 38.3 Å². The third-order valence-electron chi connectivity index (χ3n) is 5.13. The van der Waals surface area contributed by atoms with Crippen molar-refractivity contribution in [2.24, 2.45) is 5.14 Å². The summed E-state index contributed by atoms with van der Waals surface area (Å²) in [5, 5.41) is 8.04. The second kappa shape index (κ2) is 9.46. The van der Waals surface area contributed by atoms with E-state index in [0.717, 1.165) is 43.1 Å². The summed E-state index contributed by atoms with van der Waals surface area (Å²) in [5.41, 5.74) is 2.99. The maximum Gasteiger partial charge on any atom is 0.317 e. The first-order chi connectivity index (χ1) is 14.2. The van der Waals surface area contributed by atoms with Crippen LogP contribution in [0.5, 0.6) is 0 Å². The van der Waals surface area contributed by atoms with Gasteiger partial charge in [-0.25, -0.2) is 18.4 Å². The molecule has 1 heterocycles. The molecular weight excluding hydrogens is 404 g/mol. The van der Waals surface area contributed by atoms with Crippen LogP contribution in [-0.2, 0) is 21.3 Å². The first kappa shape index (κ1) is 22.1. The van der Waals surface area contributed by atoms with E-state index in [4.69, 9.17) is 9.88 Å². The van der Waals surface area contributed by atoms with Crippen molar-refractivity contribution in [2.45, 2.75) is 24.4 Å². The fourth-order valence-electron chi connectivity index (χ4n) is 3.30. The highest BCUT2D eigenvalue weighted by atomic mass is 32.2. The van der Waals surface area contributed by atoms with Gasteiger partial charge in [0.05, 0.1) is 24.2 Å². The second-order valence-corrected chi connectivity index (χ2v) is 8.97. The number of rotatable bonds is 6. The second-order valence-electron chi connectivity index (χ2n) is 7.41. The molecule has 2 amide bonds. The van der Waals surface area contributed by atoms with E-state index in [9.17, 15) is 13.2 Å². The Labute approximate surface area is 177 Å². The molecule has 3 N–H and O–H groups in total. The highest BCUT2D eigenvalue weighted by molar-refractivity contribution is 7.89. The molecule has 0 aromatic heterocycles. The molecule has 1 atom stereocenters. The van der Waals surface area contributed by atoms with Gasteiger partial charge in [-0.05, 0) is 42.3 Å². The van der Waals surface area contributed by atoms with E-state index >= 15 is 0 Å². The molecule has 30 heavy (non-hydrogen) atoms. The Hall–Kier alpha value is -2.62. The molecule has 9 heteroatoms. The van der Waals surface area contributed by atoms with E-state index in [1.54, 1.807) is 24.1 Å². The van der Waals surface area contributed by atoms with Gasteiger partial charge in [-0.2, -0.15) is 0 Å². The number of carbonyl (C=O) groups excluding carboxylic acids is 1. The molecule has 0 saturated carbocycles. The highest BCUT2D eigenvalue weighted by Crippen LogP contribution is 2.18. The molecule has 162 valence electrons. The minimum absolute atomic E-state index is 0.0439. The lowest BCUT2D eigenvalue weighted by molar-refractivity contribution is 0.122. The van der Waals surface area contributed by atoms with Crippen LogP contribution >= 0.6 is 0 Å². The number of nitrogens with one attached hydrogen (secondary N) is 1. The number of morpholine rings is 1. The molecule has 8 nitrogen and oxygen atoms in total. The number of hydrogen-bond acceptors (Lipinski definition) is 5. The van der Waals surface area contributed by atoms with Crippen molar-refractivity contribution >= 4 is 21.7 Å². The molecule has 2 aromatic carbocycles. The van der Waals surface area contributed by atoms with E-state index in [0.29, 0.717) is 6.54 Å². The molecule has 2 aromatic rings. The smallest absolute Gasteiger partial charge is 0.317 e. The van der Waals surface area contributed by atoms with Gasteiger partial charge in [-0.1, -0.05) is 24.3 Å². The van der Waals surface area contributed by atoms with Gasteiger partial charge < -0.3 is 19.9 Å². The Morgan fingerprint density at radius 1 is 1.13 bits per heavy atom. The summed E-state index contributed by atoms with van der Waals surface area (Å²) in [6.07, 6.45) is 0. The zero-order valence-corrected chi connectivity index (χ0v) is 18.1. The Kier molecular flexibility index (Phi) is 6.96. The number of hydrogen-bond donors (Lipinski definition) is 2. The number of benzene rings is 2. The molecule has 1 aliphatic heterocycles. The average Bonchev–Trinajstić information content (AvgIpc) is 2.74. The zero-order chi connectivity index (χ0) is 21.7. The van der Waals surface area contributed by atoms with Crippen molar-refractivity contribution in [3.63, 3.8) is 0 Å². The number of carbonyl (C=O) groups is 1. The molecule has 0 bridgehead atoms. The van der Waals surface area contributed by atoms with Crippen LogP contribution in [-0.4, -0.2) is 52.7 Å². The first-order valence-corrected chi connectivity index (χ1v) is 11.3. The largest absolute Gasteiger partial charge is 0.378 e. The topological polar surface area (TPSA) is 105 Å². The lowest BCUT2D eigenvalue weighted by atomic mass is 10.1. The summed E-state index contributed by atoms with van der Waals surface area (Å²) in [4.78, 5) is 16.5. The minimum atomic E-state index is -3.73. The Bertz CT molecular complexity index is 956. The Balaban J connectivity index is 1.55. The van der Waals surface area contributed by atoms with Crippen LogP contribution in [0.2, 0.25) is 0 Å². The van der Waals surface area contributed by atoms with E-state index < -0.39 is 10.0 Å². The molecule has 3 rings (SSSR count). The quantitative estimate of drug-likeness (QED) is 0.727. The van der Waals surface area contributed by atoms with E-state index in [2.05, 4.69) is 22.3 Å². The van der Waals surface area contributed by atoms with Gasteiger partial charge in [0.15, 0.2) is 0 Å². The third-order valence-corrected chi connectivity index (χ3v) is 6.06. The van der Waals surface area contributed by atoms with Gasteiger partial charge in [-0.15, -0.1) is 0 Å². The number of ether oxygens (including phenoxy) is 1. The number of nitrogens with zero attached hydrogens (tertiary/aromatic N) is 2. The number of primary sulfonamides is 1. The number of nitrogens with two attached hydrogens (primary N) is 1. The van der Waals surface area contributed by atoms with Gasteiger partial charge in [-0.3, -0.25) is 0 Å². The summed E-state index contributed by atoms with van der Waals surface area (Å²) < 4.78 is 28.1. The fourth-order valence-corrected chi connectivity index (χ4v) is 3.82. The normalized spacial score (nSPS) is 15.5. The van der Waals surface area contributed by atoms with Crippen LogP contribution in [0, 0.1) is 0 Å². The van der Waals surface area contributed by atoms with Crippen molar-refractivity contribution < 1.29 is 17.9 Å². The van der Waals surface area contributed by atoms with Gasteiger partial charge in [0.1, 0.15) is 0 Å². The van der Waals surface area contributed by atoms with Crippen LogP contribution in [0.1, 0.15) is 24.1 Å². The summed E-state index contributed by atoms with van der Waals surface area (Å²) >= 11 is 0. The standard InChI is InChI=1S/C21H28N4O4S/c1-16(18-5-9-20(10-6-18)30(22,27)28)23-21(26)24(2)15-17-3-7-19(8-4-17)25-11-13-29-14-12-25/h3-10,16H,11-15H2,1-2H3,(H,23,26)(H2,22,27,28). The fraction of sp³-hybridized carbons (Fsp3) is 0.381. The molecular formula is C21H28N4O4S. The number of anilines is 1. The van der Waals surface area contributed by atoms with Gasteiger partial charge in [0, 0.05) is 32.4 Å². The van der Waals surface area contributed by atoms with Crippen LogP contribution in [0.15, 0.2) is 53.4 Å². The van der Waals surface area contributed by atoms with Crippen molar-refractivity contribution in [3.05, 3.63) is 59.7 Å². The van der Waals surface area contributed by atoms with Crippen LogP contribution in [0.25, 0.3) is 0 Å². The average molecular weight is 433 g/mol. The highest BCUT2D eigenvalue weighted by Gasteiger charge is 2.16. The molecule has 0 aliphatic carbocycles. The van der Waals surface area contributed by atoms with E-state index in [1.165, 1.54) is 12.1 Å². The van der Waals surface area contributed by atoms with Crippen molar-refractivity contribution in [3.8, 4) is 0 Å². The van der Waals surface area contributed by atoms with Gasteiger partial charge in [0.25, 0.3) is 0 Å². The maximum absolute atomic E-state index is 12.5. The Morgan fingerprint density at radius 2 is 1.73 bits per heavy atom. The predicted octanol–water partition coefficient (Wildman–Crippen LogP) is 2.07. The van der Waals surface area contributed by atoms with Crippen LogP contribution < -0.4 is 15.4 Å². The van der Waals surface area contributed by atoms with Crippen molar-refractivity contribution in [1.82, 2.24) is 10.2 Å². The summed E-state index contributed by atoms with van der Waals surface area (Å²) in [7, 11) is -1.99. The number of amides is 2. The maximum atomic E-state index is 12.5. The molecule has 1 unspecified atom stereocenters. The van der Waals surface area contributed by atoms with E-state index in [1.807, 2.05) is 19.1 Å². The number of urea groups is 1. The lowest BCUT2D eigenvalue weighted by Gasteiger charge is -2.29. The summed E-state index contributed by atoms with van der Waals surface area (Å²) in [5.74, 6) is 0. The zero-order valence-electron chi connectivity index (χ0n) is 17.2. The van der Waals surface area contributed by atoms with E-state index in [-0.39, 0.29) is 17.0 Å². The third kappa shape index (κ3) is 5.71. The van der Waals surface area contributed by atoms with Crippen LogP contribution in [0.4, 0.5) is 10.5 Å².